The average Bonchev–Trinajstić information content (AvgIpc) is 3.01. The number of rotatable bonds is 6. The van der Waals surface area contributed by atoms with Gasteiger partial charge in [-0.15, -0.1) is 0 Å². The highest BCUT2D eigenvalue weighted by atomic mass is 32.2. The van der Waals surface area contributed by atoms with Gasteiger partial charge in [-0.3, -0.25) is 0 Å². The Morgan fingerprint density at radius 2 is 1.65 bits per heavy atom. The first-order chi connectivity index (χ1) is 17.5. The van der Waals surface area contributed by atoms with E-state index in [1.165, 1.54) is 24.3 Å². The minimum atomic E-state index is -3.95. The van der Waals surface area contributed by atoms with Crippen LogP contribution in [0, 0.1) is 5.82 Å². The number of benzene rings is 2. The third kappa shape index (κ3) is 5.60. The van der Waals surface area contributed by atoms with Crippen molar-refractivity contribution in [1.29, 1.82) is 0 Å². The van der Waals surface area contributed by atoms with E-state index in [0.29, 0.717) is 30.5 Å². The molecule has 2 aromatic carbocycles. The summed E-state index contributed by atoms with van der Waals surface area (Å²) in [6, 6.07) is 15.2. The van der Waals surface area contributed by atoms with Crippen LogP contribution in [-0.4, -0.2) is 47.9 Å². The van der Waals surface area contributed by atoms with Gasteiger partial charge in [0.1, 0.15) is 11.4 Å². The molecule has 37 heavy (non-hydrogen) atoms. The number of amides is 1. The molecule has 0 radical (unpaired) electrons. The zero-order valence-electron chi connectivity index (χ0n) is 22.2. The van der Waals surface area contributed by atoms with E-state index in [4.69, 9.17) is 4.74 Å². The van der Waals surface area contributed by atoms with Crippen LogP contribution in [0.5, 0.6) is 0 Å². The van der Waals surface area contributed by atoms with Crippen LogP contribution in [0.3, 0.4) is 0 Å². The first-order valence-corrected chi connectivity index (χ1v) is 14.5. The second-order valence-electron chi connectivity index (χ2n) is 10.9. The van der Waals surface area contributed by atoms with E-state index in [-0.39, 0.29) is 18.0 Å². The highest BCUT2D eigenvalue weighted by Gasteiger charge is 2.56. The zero-order valence-corrected chi connectivity index (χ0v) is 23.0. The van der Waals surface area contributed by atoms with Crippen molar-refractivity contribution >= 4 is 21.0 Å². The van der Waals surface area contributed by atoms with Crippen LogP contribution in [0.1, 0.15) is 70.9 Å². The van der Waals surface area contributed by atoms with Crippen molar-refractivity contribution in [2.75, 3.05) is 13.1 Å². The van der Waals surface area contributed by atoms with E-state index in [9.17, 15) is 17.6 Å². The summed E-state index contributed by atoms with van der Waals surface area (Å²) in [6.45, 7) is 8.02. The van der Waals surface area contributed by atoms with Crippen molar-refractivity contribution < 1.29 is 22.3 Å². The van der Waals surface area contributed by atoms with Crippen molar-refractivity contribution in [1.82, 2.24) is 9.21 Å². The van der Waals surface area contributed by atoms with E-state index in [1.54, 1.807) is 9.21 Å². The molecule has 1 fully saturated rings. The lowest BCUT2D eigenvalue weighted by Crippen LogP contribution is -2.51. The molecule has 4 rings (SSSR count). The summed E-state index contributed by atoms with van der Waals surface area (Å²) in [5.74, 6) is -0.432. The van der Waals surface area contributed by atoms with Gasteiger partial charge in [0.05, 0.1) is 10.4 Å². The third-order valence-corrected chi connectivity index (χ3v) is 9.26. The van der Waals surface area contributed by atoms with Gasteiger partial charge < -0.3 is 9.64 Å². The number of carbonyl (C=O) groups excluding carboxylic acids is 1. The second-order valence-corrected chi connectivity index (χ2v) is 12.7. The Hall–Kier alpha value is -2.71. The van der Waals surface area contributed by atoms with Crippen LogP contribution < -0.4 is 0 Å². The Bertz CT molecular complexity index is 1250. The van der Waals surface area contributed by atoms with E-state index >= 15 is 0 Å². The lowest BCUT2D eigenvalue weighted by Gasteiger charge is -2.43. The first-order valence-electron chi connectivity index (χ1n) is 13.0. The van der Waals surface area contributed by atoms with Crippen LogP contribution in [0.15, 0.2) is 60.2 Å². The molecule has 2 aromatic rings. The minimum absolute atomic E-state index is 0.128. The van der Waals surface area contributed by atoms with Gasteiger partial charge in [0.2, 0.25) is 10.0 Å². The highest BCUT2D eigenvalue weighted by molar-refractivity contribution is 7.98. The fourth-order valence-electron chi connectivity index (χ4n) is 5.50. The van der Waals surface area contributed by atoms with Crippen molar-refractivity contribution in [3.8, 4) is 0 Å². The molecule has 1 aliphatic heterocycles. The van der Waals surface area contributed by atoms with Crippen LogP contribution in [-0.2, 0) is 21.3 Å². The number of sulfonamides is 1. The fraction of sp³-hybridized carbons (Fsp3) is 0.483. The van der Waals surface area contributed by atoms with Gasteiger partial charge in [-0.05, 0) is 69.4 Å². The highest BCUT2D eigenvalue weighted by Crippen LogP contribution is 2.52. The Kier molecular flexibility index (Phi) is 7.81. The van der Waals surface area contributed by atoms with Gasteiger partial charge in [0.25, 0.3) is 0 Å². The number of hydrogen-bond donors (Lipinski definition) is 0. The maximum absolute atomic E-state index is 14.4. The largest absolute Gasteiger partial charge is 0.444 e. The summed E-state index contributed by atoms with van der Waals surface area (Å²) >= 11 is 0. The summed E-state index contributed by atoms with van der Waals surface area (Å²) in [5.41, 5.74) is 0.601. The predicted octanol–water partition coefficient (Wildman–Crippen LogP) is 6.34. The van der Waals surface area contributed by atoms with Gasteiger partial charge in [-0.25, -0.2) is 17.6 Å². The molecule has 1 heterocycles. The Morgan fingerprint density at radius 3 is 2.22 bits per heavy atom. The number of nitrogens with zero attached hydrogens (tertiary/aromatic N) is 2. The van der Waals surface area contributed by atoms with Crippen molar-refractivity contribution in [3.05, 3.63) is 77.1 Å². The summed E-state index contributed by atoms with van der Waals surface area (Å²) in [7, 11) is -3.95. The standard InChI is InChI=1S/C29H37FN2O4S/c1-5-31(27(33)36-28(2,3)4)21-25-26(23-14-16-24(30)17-15-23)37(34,35)32(20-22-12-8-6-9-13-22)29(25)18-10-7-11-19-29/h6,8-9,12-17H,5,7,10-11,18-21H2,1-4H3. The summed E-state index contributed by atoms with van der Waals surface area (Å²) in [6.07, 6.45) is 3.67. The topological polar surface area (TPSA) is 66.9 Å². The number of likely N-dealkylation sites (N-methyl/N-ethyl adjacent to an activating group) is 1. The monoisotopic (exact) mass is 528 g/mol. The molecule has 1 amide bonds. The number of carbonyl (C=O) groups is 1. The molecular weight excluding hydrogens is 491 g/mol. The average molecular weight is 529 g/mol. The number of hydrogen-bond acceptors (Lipinski definition) is 4. The van der Waals surface area contributed by atoms with E-state index in [1.807, 2.05) is 58.0 Å². The van der Waals surface area contributed by atoms with Gasteiger partial charge in [0, 0.05) is 19.6 Å². The Balaban J connectivity index is 1.89. The Morgan fingerprint density at radius 1 is 1.03 bits per heavy atom. The number of halogens is 1. The minimum Gasteiger partial charge on any atom is -0.444 e. The molecule has 200 valence electrons. The molecule has 0 atom stereocenters. The third-order valence-electron chi connectivity index (χ3n) is 7.20. The Labute approximate surface area is 220 Å². The smallest absolute Gasteiger partial charge is 0.410 e. The molecule has 6 nitrogen and oxygen atoms in total. The molecule has 0 saturated heterocycles. The molecule has 1 saturated carbocycles. The maximum atomic E-state index is 14.4. The van der Waals surface area contributed by atoms with Crippen molar-refractivity contribution in [2.45, 2.75) is 77.5 Å². The molecule has 0 aromatic heterocycles. The van der Waals surface area contributed by atoms with Gasteiger partial charge in [-0.2, -0.15) is 4.31 Å². The lowest BCUT2D eigenvalue weighted by atomic mass is 9.75. The first kappa shape index (κ1) is 27.3. The van der Waals surface area contributed by atoms with E-state index < -0.39 is 33.1 Å². The predicted molar refractivity (Wildman–Crippen MR) is 144 cm³/mol. The normalized spacial score (nSPS) is 19.3. The quantitative estimate of drug-likeness (QED) is 0.439. The van der Waals surface area contributed by atoms with Crippen LogP contribution in [0.25, 0.3) is 4.91 Å². The second kappa shape index (κ2) is 10.6. The molecule has 1 spiro atoms. The molecular formula is C29H37FN2O4S. The lowest BCUT2D eigenvalue weighted by molar-refractivity contribution is 0.0263. The van der Waals surface area contributed by atoms with Gasteiger partial charge in [0.15, 0.2) is 0 Å². The van der Waals surface area contributed by atoms with Gasteiger partial charge >= 0.3 is 6.09 Å². The van der Waals surface area contributed by atoms with Gasteiger partial charge in [-0.1, -0.05) is 61.7 Å². The van der Waals surface area contributed by atoms with Crippen LogP contribution in [0.4, 0.5) is 9.18 Å². The molecule has 0 bridgehead atoms. The summed E-state index contributed by atoms with van der Waals surface area (Å²) in [5, 5.41) is 0. The SMILES string of the molecule is CCN(CC1=C(c2ccc(F)cc2)S(=O)(=O)N(Cc2ccccc2)C12CCCCC2)C(=O)OC(C)(C)C. The summed E-state index contributed by atoms with van der Waals surface area (Å²) in [4.78, 5) is 14.9. The number of ether oxygens (including phenoxy) is 1. The fourth-order valence-corrected chi connectivity index (χ4v) is 7.79. The molecule has 8 heteroatoms. The van der Waals surface area contributed by atoms with Crippen LogP contribution in [0.2, 0.25) is 0 Å². The molecule has 2 aliphatic rings. The van der Waals surface area contributed by atoms with Crippen LogP contribution >= 0.6 is 0 Å². The van der Waals surface area contributed by atoms with Crippen molar-refractivity contribution in [2.24, 2.45) is 0 Å². The molecule has 0 N–H and O–H groups in total. The molecule has 1 aliphatic carbocycles. The van der Waals surface area contributed by atoms with E-state index in [2.05, 4.69) is 0 Å². The zero-order chi connectivity index (χ0) is 26.8. The van der Waals surface area contributed by atoms with E-state index in [0.717, 1.165) is 24.8 Å². The van der Waals surface area contributed by atoms with Crippen molar-refractivity contribution in [3.63, 3.8) is 0 Å². The summed E-state index contributed by atoms with van der Waals surface area (Å²) < 4.78 is 49.9. The molecule has 0 unspecified atom stereocenters. The maximum Gasteiger partial charge on any atom is 0.410 e.